The fraction of sp³-hybridized carbons (Fsp3) is 0.0526. The number of benzene rings is 3. The molecule has 3 aromatic rings. The highest BCUT2D eigenvalue weighted by atomic mass is 31.2. The molecule has 3 aromatic carbocycles. The molecule has 0 amide bonds. The molecule has 0 fully saturated rings. The Balaban J connectivity index is 2.18. The Morgan fingerprint density at radius 3 is 1.33 bits per heavy atom. The van der Waals surface area contributed by atoms with Gasteiger partial charge in [0.2, 0.25) is 0 Å². The minimum atomic E-state index is -4.41. The quantitative estimate of drug-likeness (QED) is 0.645. The highest BCUT2D eigenvalue weighted by molar-refractivity contribution is 7.85. The summed E-state index contributed by atoms with van der Waals surface area (Å²) in [4.78, 5) is 0. The average molecular weight is 346 g/mol. The zero-order chi connectivity index (χ0) is 17.2. The minimum Gasteiger partial charge on any atom is -0.309 e. The molecule has 0 N–H and O–H groups in total. The maximum atomic E-state index is 13.9. The van der Waals surface area contributed by atoms with Gasteiger partial charge in [-0.2, -0.15) is 13.2 Å². The van der Waals surface area contributed by atoms with E-state index in [4.69, 9.17) is 0 Å². The Hall–Kier alpha value is -2.32. The maximum Gasteiger partial charge on any atom is 0.416 e. The lowest BCUT2D eigenvalue weighted by atomic mass is 10.2. The largest absolute Gasteiger partial charge is 0.416 e. The van der Waals surface area contributed by atoms with Gasteiger partial charge in [-0.05, 0) is 12.1 Å². The van der Waals surface area contributed by atoms with Crippen LogP contribution in [-0.4, -0.2) is 0 Å². The molecule has 122 valence electrons. The molecule has 0 unspecified atom stereocenters. The van der Waals surface area contributed by atoms with Crippen LogP contribution in [0, 0.1) is 0 Å². The molecule has 0 bridgehead atoms. The van der Waals surface area contributed by atoms with E-state index >= 15 is 0 Å². The molecular formula is C19H14F3OP. The molecular weight excluding hydrogens is 332 g/mol. The first kappa shape index (κ1) is 16.5. The lowest BCUT2D eigenvalue weighted by Crippen LogP contribution is -2.25. The summed E-state index contributed by atoms with van der Waals surface area (Å²) in [6.07, 6.45) is -4.41. The van der Waals surface area contributed by atoms with Gasteiger partial charge in [0.05, 0.1) is 5.56 Å². The van der Waals surface area contributed by atoms with Crippen LogP contribution in [0.5, 0.6) is 0 Å². The molecule has 0 saturated carbocycles. The smallest absolute Gasteiger partial charge is 0.309 e. The lowest BCUT2D eigenvalue weighted by Gasteiger charge is -2.20. The normalized spacial score (nSPS) is 12.1. The molecule has 24 heavy (non-hydrogen) atoms. The minimum absolute atomic E-state index is 0.382. The van der Waals surface area contributed by atoms with Gasteiger partial charge < -0.3 is 4.57 Å². The summed E-state index contributed by atoms with van der Waals surface area (Å²) in [6.45, 7) is 0. The molecule has 5 heteroatoms. The molecule has 0 heterocycles. The van der Waals surface area contributed by atoms with Crippen molar-refractivity contribution in [1.29, 1.82) is 0 Å². The molecule has 1 nitrogen and oxygen atoms in total. The third kappa shape index (κ3) is 3.02. The van der Waals surface area contributed by atoms with Gasteiger partial charge in [-0.15, -0.1) is 0 Å². The zero-order valence-corrected chi connectivity index (χ0v) is 13.5. The molecule has 0 aliphatic carbocycles. The Morgan fingerprint density at radius 1 is 0.583 bits per heavy atom. The number of hydrogen-bond donors (Lipinski definition) is 0. The summed E-state index contributed by atoms with van der Waals surface area (Å²) in [6, 6.07) is 22.3. The van der Waals surface area contributed by atoms with Crippen LogP contribution in [0.4, 0.5) is 13.2 Å². The standard InChI is InChI=1S/C19H14F3OP/c20-19(21,22)15-11-13-18(14-12-15)24(23,16-7-3-1-4-8-16)17-9-5-2-6-10-17/h1-14H. The fourth-order valence-corrected chi connectivity index (χ4v) is 5.23. The molecule has 0 aliphatic rings. The SMILES string of the molecule is O=P(c1ccccc1)(c1ccccc1)c1ccc(C(F)(F)F)cc1. The highest BCUT2D eigenvalue weighted by Gasteiger charge is 2.33. The van der Waals surface area contributed by atoms with Crippen molar-refractivity contribution in [3.8, 4) is 0 Å². The predicted molar refractivity (Wildman–Crippen MR) is 90.8 cm³/mol. The van der Waals surface area contributed by atoms with Gasteiger partial charge in [-0.1, -0.05) is 72.8 Å². The van der Waals surface area contributed by atoms with E-state index in [1.807, 2.05) is 12.1 Å². The molecule has 0 saturated heterocycles. The number of hydrogen-bond acceptors (Lipinski definition) is 1. The van der Waals surface area contributed by atoms with Gasteiger partial charge in [0.25, 0.3) is 0 Å². The van der Waals surface area contributed by atoms with Crippen molar-refractivity contribution in [2.24, 2.45) is 0 Å². The first-order valence-corrected chi connectivity index (χ1v) is 9.02. The van der Waals surface area contributed by atoms with Crippen LogP contribution in [0.3, 0.4) is 0 Å². The second kappa shape index (κ2) is 6.29. The summed E-state index contributed by atoms with van der Waals surface area (Å²) < 4.78 is 52.3. The Bertz CT molecular complexity index is 813. The Labute approximate surface area is 138 Å². The fourth-order valence-electron chi connectivity index (χ4n) is 2.58. The van der Waals surface area contributed by atoms with Crippen LogP contribution in [0.25, 0.3) is 0 Å². The van der Waals surface area contributed by atoms with Crippen LogP contribution in [0.2, 0.25) is 0 Å². The van der Waals surface area contributed by atoms with E-state index in [1.165, 1.54) is 12.1 Å². The van der Waals surface area contributed by atoms with Crippen molar-refractivity contribution < 1.29 is 17.7 Å². The molecule has 3 rings (SSSR count). The predicted octanol–water partition coefficient (Wildman–Crippen LogP) is 4.34. The van der Waals surface area contributed by atoms with Crippen molar-refractivity contribution in [3.63, 3.8) is 0 Å². The van der Waals surface area contributed by atoms with Gasteiger partial charge in [0.1, 0.15) is 0 Å². The van der Waals surface area contributed by atoms with Crippen LogP contribution >= 0.6 is 7.14 Å². The summed E-state index contributed by atoms with van der Waals surface area (Å²) >= 11 is 0. The van der Waals surface area contributed by atoms with E-state index in [0.717, 1.165) is 12.1 Å². The molecule has 0 atom stereocenters. The van der Waals surface area contributed by atoms with E-state index < -0.39 is 18.9 Å². The van der Waals surface area contributed by atoms with Crippen LogP contribution in [0.15, 0.2) is 84.9 Å². The van der Waals surface area contributed by atoms with E-state index in [0.29, 0.717) is 15.9 Å². The number of alkyl halides is 3. The van der Waals surface area contributed by atoms with E-state index in [-0.39, 0.29) is 0 Å². The molecule has 0 aromatic heterocycles. The first-order valence-electron chi connectivity index (χ1n) is 7.31. The van der Waals surface area contributed by atoms with E-state index in [2.05, 4.69) is 0 Å². The third-order valence-electron chi connectivity index (χ3n) is 3.80. The van der Waals surface area contributed by atoms with Gasteiger partial charge >= 0.3 is 6.18 Å². The second-order valence-electron chi connectivity index (χ2n) is 5.33. The summed E-state index contributed by atoms with van der Waals surface area (Å²) in [5, 5.41) is 1.57. The Kier molecular flexibility index (Phi) is 4.33. The summed E-state index contributed by atoms with van der Waals surface area (Å²) in [5.41, 5.74) is -0.751. The third-order valence-corrected chi connectivity index (χ3v) is 6.87. The van der Waals surface area contributed by atoms with Crippen molar-refractivity contribution in [3.05, 3.63) is 90.5 Å². The van der Waals surface area contributed by atoms with E-state index in [1.54, 1.807) is 48.5 Å². The topological polar surface area (TPSA) is 17.1 Å². The highest BCUT2D eigenvalue weighted by Crippen LogP contribution is 2.42. The first-order chi connectivity index (χ1) is 11.4. The van der Waals surface area contributed by atoms with Gasteiger partial charge in [0, 0.05) is 15.9 Å². The summed E-state index contributed by atoms with van der Waals surface area (Å²) in [5.74, 6) is 0. The van der Waals surface area contributed by atoms with Gasteiger partial charge in [0.15, 0.2) is 7.14 Å². The zero-order valence-electron chi connectivity index (χ0n) is 12.6. The summed E-state index contributed by atoms with van der Waals surface area (Å²) in [7, 11) is -3.22. The Morgan fingerprint density at radius 2 is 0.958 bits per heavy atom. The van der Waals surface area contributed by atoms with Crippen molar-refractivity contribution in [1.82, 2.24) is 0 Å². The van der Waals surface area contributed by atoms with Crippen molar-refractivity contribution in [2.45, 2.75) is 6.18 Å². The second-order valence-corrected chi connectivity index (χ2v) is 8.09. The number of halogens is 3. The number of rotatable bonds is 3. The maximum absolute atomic E-state index is 13.9. The average Bonchev–Trinajstić information content (AvgIpc) is 2.62. The molecule has 0 radical (unpaired) electrons. The van der Waals surface area contributed by atoms with Gasteiger partial charge in [-0.25, -0.2) is 0 Å². The van der Waals surface area contributed by atoms with Crippen LogP contribution in [0.1, 0.15) is 5.56 Å². The van der Waals surface area contributed by atoms with Crippen LogP contribution < -0.4 is 15.9 Å². The molecule has 0 spiro atoms. The van der Waals surface area contributed by atoms with Gasteiger partial charge in [-0.3, -0.25) is 0 Å². The lowest BCUT2D eigenvalue weighted by molar-refractivity contribution is -0.137. The molecule has 0 aliphatic heterocycles. The van der Waals surface area contributed by atoms with E-state index in [9.17, 15) is 17.7 Å². The van der Waals surface area contributed by atoms with Crippen LogP contribution in [-0.2, 0) is 10.7 Å². The van der Waals surface area contributed by atoms with Crippen molar-refractivity contribution in [2.75, 3.05) is 0 Å². The van der Waals surface area contributed by atoms with Crippen molar-refractivity contribution >= 4 is 23.1 Å². The monoisotopic (exact) mass is 346 g/mol.